The van der Waals surface area contributed by atoms with E-state index >= 15 is 0 Å². The average molecular weight is 364 g/mol. The standard InChI is InChI=1S/C24H29NO2/c26-19-23-16-9-17-25(23)24(27)22(18-21-13-5-2-6-14-21)15-8-7-12-20-10-3-1-4-11-20/h1-6,10-11,13-14,19,22-23H,7-9,12,15-18H2/t22?,23-/m0/s1. The van der Waals surface area contributed by atoms with Gasteiger partial charge in [-0.1, -0.05) is 67.1 Å². The van der Waals surface area contributed by atoms with Crippen molar-refractivity contribution in [3.63, 3.8) is 0 Å². The Morgan fingerprint density at radius 3 is 2.33 bits per heavy atom. The lowest BCUT2D eigenvalue weighted by Gasteiger charge is -2.26. The zero-order valence-electron chi connectivity index (χ0n) is 15.9. The van der Waals surface area contributed by atoms with Crippen molar-refractivity contribution in [3.8, 4) is 0 Å². The molecule has 1 aliphatic rings. The van der Waals surface area contributed by atoms with Crippen LogP contribution in [-0.2, 0) is 22.4 Å². The quantitative estimate of drug-likeness (QED) is 0.488. The van der Waals surface area contributed by atoms with Crippen LogP contribution in [0, 0.1) is 5.92 Å². The molecule has 2 aromatic rings. The van der Waals surface area contributed by atoms with Crippen LogP contribution in [0.25, 0.3) is 0 Å². The van der Waals surface area contributed by atoms with Crippen LogP contribution < -0.4 is 0 Å². The number of rotatable bonds is 9. The second kappa shape index (κ2) is 10.1. The van der Waals surface area contributed by atoms with Gasteiger partial charge in [0.2, 0.25) is 5.91 Å². The lowest BCUT2D eigenvalue weighted by atomic mass is 9.91. The molecule has 3 heteroatoms. The third-order valence-corrected chi connectivity index (χ3v) is 5.52. The van der Waals surface area contributed by atoms with Crippen molar-refractivity contribution in [1.29, 1.82) is 0 Å². The van der Waals surface area contributed by atoms with Gasteiger partial charge in [0.1, 0.15) is 6.29 Å². The van der Waals surface area contributed by atoms with E-state index in [1.165, 1.54) is 11.1 Å². The number of carbonyl (C=O) groups excluding carboxylic acids is 2. The fourth-order valence-electron chi connectivity index (χ4n) is 4.02. The van der Waals surface area contributed by atoms with E-state index in [2.05, 4.69) is 36.4 Å². The highest BCUT2D eigenvalue weighted by Crippen LogP contribution is 2.24. The molecule has 0 bridgehead atoms. The van der Waals surface area contributed by atoms with E-state index in [0.29, 0.717) is 0 Å². The fourth-order valence-corrected chi connectivity index (χ4v) is 4.02. The zero-order valence-corrected chi connectivity index (χ0v) is 15.9. The molecule has 0 aliphatic carbocycles. The van der Waals surface area contributed by atoms with Gasteiger partial charge in [0.25, 0.3) is 0 Å². The summed E-state index contributed by atoms with van der Waals surface area (Å²) in [5.41, 5.74) is 2.55. The predicted octanol–water partition coefficient (Wildman–Crippen LogP) is 4.45. The molecule has 2 atom stereocenters. The van der Waals surface area contributed by atoms with Gasteiger partial charge in [-0.05, 0) is 49.7 Å². The zero-order chi connectivity index (χ0) is 18.9. The van der Waals surface area contributed by atoms with Crippen LogP contribution in [0.2, 0.25) is 0 Å². The summed E-state index contributed by atoms with van der Waals surface area (Å²) < 4.78 is 0. The van der Waals surface area contributed by atoms with E-state index in [9.17, 15) is 9.59 Å². The van der Waals surface area contributed by atoms with Crippen molar-refractivity contribution in [2.75, 3.05) is 6.54 Å². The summed E-state index contributed by atoms with van der Waals surface area (Å²) in [7, 11) is 0. The first-order valence-electron chi connectivity index (χ1n) is 10.1. The lowest BCUT2D eigenvalue weighted by Crippen LogP contribution is -2.41. The Labute approximate surface area is 162 Å². The van der Waals surface area contributed by atoms with Crippen LogP contribution in [-0.4, -0.2) is 29.7 Å². The molecule has 3 rings (SSSR count). The molecule has 1 fully saturated rings. The molecule has 0 radical (unpaired) electrons. The molecule has 0 saturated carbocycles. The highest BCUT2D eigenvalue weighted by Gasteiger charge is 2.32. The summed E-state index contributed by atoms with van der Waals surface area (Å²) >= 11 is 0. The molecule has 27 heavy (non-hydrogen) atoms. The van der Waals surface area contributed by atoms with Gasteiger partial charge in [0.05, 0.1) is 6.04 Å². The minimum Gasteiger partial charge on any atom is -0.333 e. The molecule has 1 unspecified atom stereocenters. The number of aryl methyl sites for hydroxylation is 1. The number of aldehydes is 1. The molecule has 0 aromatic heterocycles. The monoisotopic (exact) mass is 363 g/mol. The van der Waals surface area contributed by atoms with Crippen molar-refractivity contribution in [3.05, 3.63) is 71.8 Å². The molecule has 1 aliphatic heterocycles. The summed E-state index contributed by atoms with van der Waals surface area (Å²) in [6, 6.07) is 20.5. The highest BCUT2D eigenvalue weighted by molar-refractivity contribution is 5.82. The van der Waals surface area contributed by atoms with E-state index in [1.54, 1.807) is 0 Å². The minimum atomic E-state index is -0.222. The first-order valence-corrected chi connectivity index (χ1v) is 10.1. The molecule has 3 nitrogen and oxygen atoms in total. The van der Waals surface area contributed by atoms with Crippen molar-refractivity contribution in [2.45, 2.75) is 51.0 Å². The van der Waals surface area contributed by atoms with Crippen molar-refractivity contribution < 1.29 is 9.59 Å². The number of likely N-dealkylation sites (tertiary alicyclic amines) is 1. The van der Waals surface area contributed by atoms with Crippen LogP contribution in [0.3, 0.4) is 0 Å². The van der Waals surface area contributed by atoms with Crippen molar-refractivity contribution in [1.82, 2.24) is 4.90 Å². The molecule has 1 saturated heterocycles. The van der Waals surface area contributed by atoms with Crippen molar-refractivity contribution >= 4 is 12.2 Å². The van der Waals surface area contributed by atoms with Crippen LogP contribution in [0.1, 0.15) is 43.2 Å². The van der Waals surface area contributed by atoms with E-state index in [0.717, 1.165) is 57.8 Å². The van der Waals surface area contributed by atoms with E-state index in [-0.39, 0.29) is 17.9 Å². The van der Waals surface area contributed by atoms with Gasteiger partial charge in [-0.15, -0.1) is 0 Å². The first-order chi connectivity index (χ1) is 13.3. The molecule has 1 heterocycles. The lowest BCUT2D eigenvalue weighted by molar-refractivity contribution is -0.138. The summed E-state index contributed by atoms with van der Waals surface area (Å²) in [6.45, 7) is 0.720. The van der Waals surface area contributed by atoms with E-state index < -0.39 is 0 Å². The summed E-state index contributed by atoms with van der Waals surface area (Å²) in [5.74, 6) is 0.122. The number of amides is 1. The summed E-state index contributed by atoms with van der Waals surface area (Å²) in [4.78, 5) is 26.3. The van der Waals surface area contributed by atoms with Gasteiger partial charge in [-0.25, -0.2) is 0 Å². The molecule has 0 spiro atoms. The maximum atomic E-state index is 13.2. The Kier molecular flexibility index (Phi) is 7.20. The summed E-state index contributed by atoms with van der Waals surface area (Å²) in [6.07, 6.45) is 7.48. The number of hydrogen-bond donors (Lipinski definition) is 0. The van der Waals surface area contributed by atoms with Gasteiger partial charge >= 0.3 is 0 Å². The first kappa shape index (κ1) is 19.3. The van der Waals surface area contributed by atoms with Crippen LogP contribution in [0.5, 0.6) is 0 Å². The molecule has 1 amide bonds. The number of benzene rings is 2. The number of hydrogen-bond acceptors (Lipinski definition) is 2. The van der Waals surface area contributed by atoms with Crippen LogP contribution in [0.15, 0.2) is 60.7 Å². The molecule has 0 N–H and O–H groups in total. The Hall–Kier alpha value is -2.42. The van der Waals surface area contributed by atoms with Gasteiger partial charge in [0, 0.05) is 12.5 Å². The molecular formula is C24H29NO2. The SMILES string of the molecule is O=C[C@@H]1CCCN1C(=O)C(CCCCc1ccccc1)Cc1ccccc1. The average Bonchev–Trinajstić information content (AvgIpc) is 3.20. The third-order valence-electron chi connectivity index (χ3n) is 5.52. The molecular weight excluding hydrogens is 334 g/mol. The Morgan fingerprint density at radius 1 is 1.00 bits per heavy atom. The largest absolute Gasteiger partial charge is 0.333 e. The fraction of sp³-hybridized carbons (Fsp3) is 0.417. The second-order valence-corrected chi connectivity index (χ2v) is 7.50. The maximum absolute atomic E-state index is 13.2. The number of carbonyl (C=O) groups is 2. The summed E-state index contributed by atoms with van der Waals surface area (Å²) in [5, 5.41) is 0. The van der Waals surface area contributed by atoms with Gasteiger partial charge in [0.15, 0.2) is 0 Å². The molecule has 142 valence electrons. The normalized spacial score (nSPS) is 17.6. The van der Waals surface area contributed by atoms with E-state index in [4.69, 9.17) is 0 Å². The number of nitrogens with zero attached hydrogens (tertiary/aromatic N) is 1. The minimum absolute atomic E-state index is 0.0382. The van der Waals surface area contributed by atoms with E-state index in [1.807, 2.05) is 29.2 Å². The van der Waals surface area contributed by atoms with Gasteiger partial charge in [-0.3, -0.25) is 4.79 Å². The van der Waals surface area contributed by atoms with Crippen LogP contribution in [0.4, 0.5) is 0 Å². The topological polar surface area (TPSA) is 37.4 Å². The Morgan fingerprint density at radius 2 is 1.67 bits per heavy atom. The highest BCUT2D eigenvalue weighted by atomic mass is 16.2. The number of unbranched alkanes of at least 4 members (excludes halogenated alkanes) is 1. The van der Waals surface area contributed by atoms with Crippen LogP contribution >= 0.6 is 0 Å². The molecule has 2 aromatic carbocycles. The Bertz CT molecular complexity index is 714. The van der Waals surface area contributed by atoms with Gasteiger partial charge < -0.3 is 9.69 Å². The smallest absolute Gasteiger partial charge is 0.226 e. The predicted molar refractivity (Wildman–Crippen MR) is 108 cm³/mol. The van der Waals surface area contributed by atoms with Gasteiger partial charge in [-0.2, -0.15) is 0 Å². The third kappa shape index (κ3) is 5.53. The Balaban J connectivity index is 1.60. The maximum Gasteiger partial charge on any atom is 0.226 e. The van der Waals surface area contributed by atoms with Crippen molar-refractivity contribution in [2.24, 2.45) is 5.92 Å². The second-order valence-electron chi connectivity index (χ2n) is 7.50.